The summed E-state index contributed by atoms with van der Waals surface area (Å²) in [6.07, 6.45) is 3.31. The Hall–Kier alpha value is -0.790. The van der Waals surface area contributed by atoms with Gasteiger partial charge in [0.15, 0.2) is 0 Å². The Kier molecular flexibility index (Phi) is 4.59. The average molecular weight is 156 g/mol. The van der Waals surface area contributed by atoms with Crippen molar-refractivity contribution in [2.75, 3.05) is 0 Å². The van der Waals surface area contributed by atoms with Crippen LogP contribution in [-0.2, 0) is 4.79 Å². The fourth-order valence-corrected chi connectivity index (χ4v) is 0.819. The smallest absolute Gasteiger partial charge is 0.331 e. The van der Waals surface area contributed by atoms with Crippen LogP contribution in [0.25, 0.3) is 0 Å². The van der Waals surface area contributed by atoms with Gasteiger partial charge < -0.3 is 5.11 Å². The first kappa shape index (κ1) is 10.2. The summed E-state index contributed by atoms with van der Waals surface area (Å²) in [4.78, 5) is 10.5. The van der Waals surface area contributed by atoms with Gasteiger partial charge in [0.1, 0.15) is 0 Å². The van der Waals surface area contributed by atoms with Crippen LogP contribution in [0.3, 0.4) is 0 Å². The van der Waals surface area contributed by atoms with Crippen LogP contribution in [-0.4, -0.2) is 11.1 Å². The summed E-state index contributed by atoms with van der Waals surface area (Å²) >= 11 is 0. The molecule has 11 heavy (non-hydrogen) atoms. The molecule has 1 N–H and O–H groups in total. The first-order chi connectivity index (χ1) is 5.07. The van der Waals surface area contributed by atoms with Crippen molar-refractivity contribution in [3.8, 4) is 0 Å². The second-order valence-electron chi connectivity index (χ2n) is 3.05. The van der Waals surface area contributed by atoms with Gasteiger partial charge in [0.25, 0.3) is 0 Å². The van der Waals surface area contributed by atoms with E-state index in [0.29, 0.717) is 17.9 Å². The minimum absolute atomic E-state index is 0.527. The highest BCUT2D eigenvalue weighted by atomic mass is 16.4. The summed E-state index contributed by atoms with van der Waals surface area (Å²) in [5.41, 5.74) is 0.527. The van der Waals surface area contributed by atoms with E-state index in [0.717, 1.165) is 6.42 Å². The third-order valence-electron chi connectivity index (χ3n) is 1.61. The van der Waals surface area contributed by atoms with Crippen molar-refractivity contribution in [3.05, 3.63) is 11.6 Å². The van der Waals surface area contributed by atoms with Crippen LogP contribution >= 0.6 is 0 Å². The molecule has 0 aliphatic carbocycles. The highest BCUT2D eigenvalue weighted by Gasteiger charge is 2.05. The number of hydrogen-bond donors (Lipinski definition) is 1. The fraction of sp³-hybridized carbons (Fsp3) is 0.667. The molecule has 0 aromatic rings. The summed E-state index contributed by atoms with van der Waals surface area (Å²) < 4.78 is 0. The van der Waals surface area contributed by atoms with Crippen LogP contribution in [0.1, 0.15) is 33.6 Å². The molecule has 64 valence electrons. The van der Waals surface area contributed by atoms with Gasteiger partial charge in [-0.05, 0) is 25.7 Å². The van der Waals surface area contributed by atoms with Crippen molar-refractivity contribution < 1.29 is 9.90 Å². The minimum atomic E-state index is -0.784. The lowest BCUT2D eigenvalue weighted by atomic mass is 10.0. The maximum Gasteiger partial charge on any atom is 0.331 e. The zero-order chi connectivity index (χ0) is 8.85. The van der Waals surface area contributed by atoms with E-state index >= 15 is 0 Å². The van der Waals surface area contributed by atoms with Crippen molar-refractivity contribution in [1.82, 2.24) is 0 Å². The third kappa shape index (κ3) is 4.59. The predicted octanol–water partition coefficient (Wildman–Crippen LogP) is 2.45. The molecular weight excluding hydrogens is 140 g/mol. The number of carboxylic acids is 1. The van der Waals surface area contributed by atoms with Gasteiger partial charge in [-0.2, -0.15) is 0 Å². The molecule has 0 rings (SSSR count). The number of rotatable bonds is 4. The Morgan fingerprint density at radius 3 is 2.36 bits per heavy atom. The van der Waals surface area contributed by atoms with Crippen LogP contribution in [0.5, 0.6) is 0 Å². The maximum atomic E-state index is 10.5. The number of allylic oxidation sites excluding steroid dienone is 1. The van der Waals surface area contributed by atoms with Crippen molar-refractivity contribution >= 4 is 5.97 Å². The zero-order valence-corrected chi connectivity index (χ0v) is 7.42. The summed E-state index contributed by atoms with van der Waals surface area (Å²) in [5, 5.41) is 8.62. The lowest BCUT2D eigenvalue weighted by Gasteiger charge is -2.03. The highest BCUT2D eigenvalue weighted by molar-refractivity contribution is 5.86. The van der Waals surface area contributed by atoms with Crippen LogP contribution in [0.4, 0.5) is 0 Å². The summed E-state index contributed by atoms with van der Waals surface area (Å²) in [6, 6.07) is 0. The van der Waals surface area contributed by atoms with Crippen molar-refractivity contribution in [2.45, 2.75) is 33.6 Å². The van der Waals surface area contributed by atoms with Gasteiger partial charge in [0.05, 0.1) is 0 Å². The molecule has 0 bridgehead atoms. The van der Waals surface area contributed by atoms with Crippen LogP contribution in [0.2, 0.25) is 0 Å². The van der Waals surface area contributed by atoms with Crippen LogP contribution in [0, 0.1) is 5.92 Å². The molecule has 0 saturated heterocycles. The molecule has 0 unspecified atom stereocenters. The molecule has 0 aromatic heterocycles. The second kappa shape index (κ2) is 4.94. The standard InChI is InChI=1S/C9H16O2/c1-4-8(9(10)11)6-5-7(2)3/h4,7H,5-6H2,1-3H3,(H,10,11). The summed E-state index contributed by atoms with van der Waals surface area (Å²) in [5.74, 6) is -0.211. The van der Waals surface area contributed by atoms with E-state index in [1.54, 1.807) is 13.0 Å². The van der Waals surface area contributed by atoms with Gasteiger partial charge in [-0.15, -0.1) is 0 Å². The van der Waals surface area contributed by atoms with Gasteiger partial charge in [-0.25, -0.2) is 4.79 Å². The number of carboxylic acid groups (broad SMARTS) is 1. The van der Waals surface area contributed by atoms with E-state index in [2.05, 4.69) is 13.8 Å². The molecule has 0 aliphatic rings. The van der Waals surface area contributed by atoms with E-state index in [4.69, 9.17) is 5.11 Å². The van der Waals surface area contributed by atoms with Gasteiger partial charge >= 0.3 is 5.97 Å². The van der Waals surface area contributed by atoms with Crippen molar-refractivity contribution in [1.29, 1.82) is 0 Å². The third-order valence-corrected chi connectivity index (χ3v) is 1.61. The molecular formula is C9H16O2. The first-order valence-electron chi connectivity index (χ1n) is 3.96. The summed E-state index contributed by atoms with van der Waals surface area (Å²) in [7, 11) is 0. The van der Waals surface area contributed by atoms with Gasteiger partial charge in [-0.1, -0.05) is 19.9 Å². The predicted molar refractivity (Wildman–Crippen MR) is 45.5 cm³/mol. The Labute approximate surface area is 67.9 Å². The summed E-state index contributed by atoms with van der Waals surface area (Å²) in [6.45, 7) is 5.95. The molecule has 2 nitrogen and oxygen atoms in total. The van der Waals surface area contributed by atoms with Gasteiger partial charge in [-0.3, -0.25) is 0 Å². The van der Waals surface area contributed by atoms with E-state index in [1.165, 1.54) is 0 Å². The second-order valence-corrected chi connectivity index (χ2v) is 3.05. The minimum Gasteiger partial charge on any atom is -0.478 e. The largest absolute Gasteiger partial charge is 0.478 e. The van der Waals surface area contributed by atoms with Gasteiger partial charge in [0.2, 0.25) is 0 Å². The van der Waals surface area contributed by atoms with E-state index in [9.17, 15) is 4.79 Å². The first-order valence-corrected chi connectivity index (χ1v) is 3.96. The molecule has 0 fully saturated rings. The Balaban J connectivity index is 3.82. The monoisotopic (exact) mass is 156 g/mol. The molecule has 0 saturated carbocycles. The number of carbonyl (C=O) groups is 1. The normalized spacial score (nSPS) is 12.2. The van der Waals surface area contributed by atoms with Gasteiger partial charge in [0, 0.05) is 5.57 Å². The topological polar surface area (TPSA) is 37.3 Å². The van der Waals surface area contributed by atoms with E-state index in [1.807, 2.05) is 0 Å². The lowest BCUT2D eigenvalue weighted by Crippen LogP contribution is -2.01. The molecule has 2 heteroatoms. The molecule has 0 amide bonds. The van der Waals surface area contributed by atoms with Crippen molar-refractivity contribution in [2.24, 2.45) is 5.92 Å². The van der Waals surface area contributed by atoms with Crippen LogP contribution in [0.15, 0.2) is 11.6 Å². The SMILES string of the molecule is CC=C(CCC(C)C)C(=O)O. The Morgan fingerprint density at radius 2 is 2.09 bits per heavy atom. The molecule has 0 spiro atoms. The molecule has 0 atom stereocenters. The maximum absolute atomic E-state index is 10.5. The van der Waals surface area contributed by atoms with Crippen molar-refractivity contribution in [3.63, 3.8) is 0 Å². The average Bonchev–Trinajstić information content (AvgIpc) is 1.87. The Bertz CT molecular complexity index is 157. The molecule has 0 aliphatic heterocycles. The molecule has 0 heterocycles. The fourth-order valence-electron chi connectivity index (χ4n) is 0.819. The quantitative estimate of drug-likeness (QED) is 0.635. The lowest BCUT2D eigenvalue weighted by molar-refractivity contribution is -0.132. The van der Waals surface area contributed by atoms with Crippen LogP contribution < -0.4 is 0 Å². The molecule has 0 aromatic carbocycles. The van der Waals surface area contributed by atoms with E-state index in [-0.39, 0.29) is 0 Å². The Morgan fingerprint density at radius 1 is 1.55 bits per heavy atom. The molecule has 0 radical (unpaired) electrons. The highest BCUT2D eigenvalue weighted by Crippen LogP contribution is 2.10. The number of hydrogen-bond acceptors (Lipinski definition) is 1. The van der Waals surface area contributed by atoms with E-state index < -0.39 is 5.97 Å². The zero-order valence-electron chi connectivity index (χ0n) is 7.42. The number of aliphatic carboxylic acids is 1.